The molecule has 12 heteroatoms. The monoisotopic (exact) mass is 409 g/mol. The van der Waals surface area contributed by atoms with E-state index in [0.717, 1.165) is 0 Å². The molecule has 0 aliphatic heterocycles. The van der Waals surface area contributed by atoms with Crippen LogP contribution in [0.15, 0.2) is 5.16 Å². The summed E-state index contributed by atoms with van der Waals surface area (Å²) in [7, 11) is 0. The highest BCUT2D eigenvalue weighted by Crippen LogP contribution is 2.20. The highest BCUT2D eigenvalue weighted by atomic mass is 32.2. The molecular weight excluding hydrogens is 382 g/mol. The lowest BCUT2D eigenvalue weighted by molar-refractivity contribution is -0.121. The van der Waals surface area contributed by atoms with Gasteiger partial charge in [-0.05, 0) is 27.7 Å². The summed E-state index contributed by atoms with van der Waals surface area (Å²) >= 11 is 1.23. The van der Waals surface area contributed by atoms with E-state index in [-0.39, 0.29) is 36.6 Å². The van der Waals surface area contributed by atoms with Crippen LogP contribution in [0.4, 0.5) is 11.9 Å². The van der Waals surface area contributed by atoms with Gasteiger partial charge in [-0.3, -0.25) is 9.59 Å². The fourth-order valence-electron chi connectivity index (χ4n) is 2.29. The minimum Gasteiger partial charge on any atom is -0.355 e. The number of carbonyl (C=O) groups is 2. The molecule has 0 bridgehead atoms. The maximum atomic E-state index is 12.0. The second-order valence-electron chi connectivity index (χ2n) is 6.16. The molecule has 2 amide bonds. The Morgan fingerprint density at radius 2 is 1.82 bits per heavy atom. The van der Waals surface area contributed by atoms with Crippen LogP contribution in [-0.4, -0.2) is 67.8 Å². The molecule has 0 spiro atoms. The number of aromatic nitrogens is 5. The molecule has 0 aliphatic rings. The van der Waals surface area contributed by atoms with Crippen molar-refractivity contribution >= 4 is 41.3 Å². The van der Waals surface area contributed by atoms with Crippen LogP contribution < -0.4 is 21.3 Å². The summed E-state index contributed by atoms with van der Waals surface area (Å²) in [4.78, 5) is 32.4. The van der Waals surface area contributed by atoms with E-state index in [1.54, 1.807) is 4.40 Å². The Morgan fingerprint density at radius 3 is 2.50 bits per heavy atom. The summed E-state index contributed by atoms with van der Waals surface area (Å²) in [5, 5.41) is 20.4. The number of hydrogen-bond acceptors (Lipinski definition) is 9. The maximum Gasteiger partial charge on any atom is 0.261 e. The summed E-state index contributed by atoms with van der Waals surface area (Å²) in [6.45, 7) is 9.34. The third-order valence-corrected chi connectivity index (χ3v) is 4.30. The molecule has 0 radical (unpaired) electrons. The fraction of sp³-hybridized carbons (Fsp3) is 0.625. The number of hydrogen-bond donors (Lipinski definition) is 4. The molecule has 11 nitrogen and oxygen atoms in total. The van der Waals surface area contributed by atoms with E-state index in [2.05, 4.69) is 41.4 Å². The molecule has 2 aromatic heterocycles. The standard InChI is InChI=1S/C16H27N9O2S/c1-5-17-13-21-14(18-6-2)25-15(22-13)23-24-16(25)28-9-12(27)19-8-7-11(26)20-10(3)4/h10H,5-9H2,1-4H3,(H,19,27)(H,20,26)(H2,17,18,21,22,23). The van der Waals surface area contributed by atoms with Gasteiger partial charge in [0.1, 0.15) is 0 Å². The van der Waals surface area contributed by atoms with Crippen molar-refractivity contribution in [3.8, 4) is 0 Å². The first-order valence-corrected chi connectivity index (χ1v) is 10.2. The minimum atomic E-state index is -0.186. The van der Waals surface area contributed by atoms with Gasteiger partial charge < -0.3 is 21.3 Å². The van der Waals surface area contributed by atoms with Crippen molar-refractivity contribution in [3.63, 3.8) is 0 Å². The van der Waals surface area contributed by atoms with Gasteiger partial charge in [-0.1, -0.05) is 11.8 Å². The Kier molecular flexibility index (Phi) is 8.23. The predicted molar refractivity (Wildman–Crippen MR) is 109 cm³/mol. The molecule has 4 N–H and O–H groups in total. The van der Waals surface area contributed by atoms with Gasteiger partial charge in [0.15, 0.2) is 5.16 Å². The van der Waals surface area contributed by atoms with Gasteiger partial charge in [0.2, 0.25) is 23.7 Å². The molecule has 154 valence electrons. The average molecular weight is 410 g/mol. The summed E-state index contributed by atoms with van der Waals surface area (Å²) in [6, 6.07) is 0.0844. The van der Waals surface area contributed by atoms with Crippen LogP contribution >= 0.6 is 11.8 Å². The molecule has 2 rings (SSSR count). The lowest BCUT2D eigenvalue weighted by Gasteiger charge is -2.10. The zero-order valence-corrected chi connectivity index (χ0v) is 17.4. The van der Waals surface area contributed by atoms with Crippen LogP contribution in [-0.2, 0) is 9.59 Å². The van der Waals surface area contributed by atoms with E-state index in [9.17, 15) is 9.59 Å². The summed E-state index contributed by atoms with van der Waals surface area (Å²) < 4.78 is 1.68. The number of fused-ring (bicyclic) bond motifs is 1. The van der Waals surface area contributed by atoms with Gasteiger partial charge in [0.05, 0.1) is 5.75 Å². The third kappa shape index (κ3) is 6.22. The minimum absolute atomic E-state index is 0.0844. The summed E-state index contributed by atoms with van der Waals surface area (Å²) in [5.74, 6) is 1.29. The fourth-order valence-corrected chi connectivity index (χ4v) is 3.05. The van der Waals surface area contributed by atoms with Crippen molar-refractivity contribution in [1.82, 2.24) is 35.2 Å². The van der Waals surface area contributed by atoms with Gasteiger partial charge in [-0.15, -0.1) is 10.2 Å². The van der Waals surface area contributed by atoms with Crippen LogP contribution in [0.5, 0.6) is 0 Å². The van der Waals surface area contributed by atoms with Crippen LogP contribution in [0.2, 0.25) is 0 Å². The number of thioether (sulfide) groups is 1. The molecule has 0 saturated carbocycles. The van der Waals surface area contributed by atoms with Crippen LogP contribution in [0.3, 0.4) is 0 Å². The number of nitrogens with one attached hydrogen (secondary N) is 4. The number of carbonyl (C=O) groups excluding carboxylic acids is 2. The van der Waals surface area contributed by atoms with E-state index < -0.39 is 0 Å². The molecule has 2 aromatic rings. The van der Waals surface area contributed by atoms with Gasteiger partial charge in [-0.25, -0.2) is 4.40 Å². The van der Waals surface area contributed by atoms with E-state index in [0.29, 0.717) is 35.9 Å². The summed E-state index contributed by atoms with van der Waals surface area (Å²) in [6.07, 6.45) is 0.244. The highest BCUT2D eigenvalue weighted by molar-refractivity contribution is 7.99. The largest absolute Gasteiger partial charge is 0.355 e. The van der Waals surface area contributed by atoms with E-state index >= 15 is 0 Å². The van der Waals surface area contributed by atoms with Gasteiger partial charge >= 0.3 is 0 Å². The zero-order chi connectivity index (χ0) is 20.5. The Morgan fingerprint density at radius 1 is 1.07 bits per heavy atom. The number of rotatable bonds is 11. The van der Waals surface area contributed by atoms with E-state index in [1.807, 2.05) is 27.7 Å². The van der Waals surface area contributed by atoms with Gasteiger partial charge in [-0.2, -0.15) is 9.97 Å². The van der Waals surface area contributed by atoms with Crippen LogP contribution in [0.25, 0.3) is 5.78 Å². The first-order valence-electron chi connectivity index (χ1n) is 9.24. The zero-order valence-electron chi connectivity index (χ0n) is 16.6. The van der Waals surface area contributed by atoms with Crippen LogP contribution in [0.1, 0.15) is 34.1 Å². The molecular formula is C16H27N9O2S. The Hall–Kier alpha value is -2.63. The Bertz CT molecular complexity index is 809. The molecule has 28 heavy (non-hydrogen) atoms. The van der Waals surface area contributed by atoms with Crippen molar-refractivity contribution in [3.05, 3.63) is 0 Å². The number of anilines is 2. The normalized spacial score (nSPS) is 10.9. The van der Waals surface area contributed by atoms with Crippen LogP contribution in [0, 0.1) is 0 Å². The number of nitrogens with zero attached hydrogens (tertiary/aromatic N) is 5. The van der Waals surface area contributed by atoms with Crippen molar-refractivity contribution in [2.75, 3.05) is 36.0 Å². The van der Waals surface area contributed by atoms with Gasteiger partial charge in [0.25, 0.3) is 5.78 Å². The molecule has 2 heterocycles. The highest BCUT2D eigenvalue weighted by Gasteiger charge is 2.15. The van der Waals surface area contributed by atoms with Gasteiger partial charge in [0, 0.05) is 32.1 Å². The second-order valence-corrected chi connectivity index (χ2v) is 7.10. The molecule has 0 aliphatic carbocycles. The maximum absolute atomic E-state index is 12.0. The quantitative estimate of drug-likeness (QED) is 0.391. The Labute approximate surface area is 167 Å². The van der Waals surface area contributed by atoms with E-state index in [1.165, 1.54) is 11.8 Å². The van der Waals surface area contributed by atoms with Crippen molar-refractivity contribution < 1.29 is 9.59 Å². The summed E-state index contributed by atoms with van der Waals surface area (Å²) in [5.41, 5.74) is 0. The van der Waals surface area contributed by atoms with Crippen molar-refractivity contribution in [1.29, 1.82) is 0 Å². The lowest BCUT2D eigenvalue weighted by Crippen LogP contribution is -2.34. The van der Waals surface area contributed by atoms with Crippen molar-refractivity contribution in [2.24, 2.45) is 0 Å². The molecule has 0 saturated heterocycles. The molecule has 0 fully saturated rings. The molecule has 0 atom stereocenters. The molecule has 0 aromatic carbocycles. The van der Waals surface area contributed by atoms with Crippen molar-refractivity contribution in [2.45, 2.75) is 45.3 Å². The first kappa shape index (κ1) is 21.7. The third-order valence-electron chi connectivity index (χ3n) is 3.37. The topological polar surface area (TPSA) is 138 Å². The second kappa shape index (κ2) is 10.6. The molecule has 0 unspecified atom stereocenters. The Balaban J connectivity index is 1.96. The number of amides is 2. The smallest absolute Gasteiger partial charge is 0.261 e. The SMILES string of the molecule is CCNc1nc(NCC)n2c(SCC(=O)NCCC(=O)NC(C)C)nnc2n1. The predicted octanol–water partition coefficient (Wildman–Crippen LogP) is 0.506. The lowest BCUT2D eigenvalue weighted by atomic mass is 10.3. The average Bonchev–Trinajstić information content (AvgIpc) is 3.03. The first-order chi connectivity index (χ1) is 13.4. The van der Waals surface area contributed by atoms with E-state index in [4.69, 9.17) is 0 Å².